The van der Waals surface area contributed by atoms with Gasteiger partial charge in [0.15, 0.2) is 5.82 Å². The van der Waals surface area contributed by atoms with E-state index in [9.17, 15) is 10.1 Å². The van der Waals surface area contributed by atoms with Crippen LogP contribution in [0.1, 0.15) is 38.6 Å². The van der Waals surface area contributed by atoms with E-state index in [1.807, 2.05) is 13.8 Å². The van der Waals surface area contributed by atoms with Gasteiger partial charge in [-0.05, 0) is 18.8 Å². The first-order chi connectivity index (χ1) is 9.49. The average Bonchev–Trinajstić information content (AvgIpc) is 2.88. The summed E-state index contributed by atoms with van der Waals surface area (Å²) in [4.78, 5) is 18.8. The summed E-state index contributed by atoms with van der Waals surface area (Å²) in [6, 6.07) is 0. The van der Waals surface area contributed by atoms with Gasteiger partial charge in [-0.25, -0.2) is 9.97 Å². The van der Waals surface area contributed by atoms with Crippen LogP contribution < -0.4 is 5.32 Å². The Morgan fingerprint density at radius 2 is 2.30 bits per heavy atom. The molecule has 0 saturated carbocycles. The van der Waals surface area contributed by atoms with Gasteiger partial charge in [0.05, 0.1) is 4.92 Å². The van der Waals surface area contributed by atoms with Crippen molar-refractivity contribution in [3.8, 4) is 0 Å². The molecule has 1 unspecified atom stereocenters. The first kappa shape index (κ1) is 14.9. The molecule has 0 aliphatic carbocycles. The van der Waals surface area contributed by atoms with E-state index in [0.717, 1.165) is 12.8 Å². The normalized spacial score (nSPS) is 18.5. The number of rotatable bonds is 5. The zero-order valence-corrected chi connectivity index (χ0v) is 12.2. The van der Waals surface area contributed by atoms with Gasteiger partial charge in [0.1, 0.15) is 6.10 Å². The third kappa shape index (κ3) is 3.34. The lowest BCUT2D eigenvalue weighted by molar-refractivity contribution is -0.384. The van der Waals surface area contributed by atoms with Gasteiger partial charge >= 0.3 is 5.69 Å². The molecule has 2 rings (SSSR count). The van der Waals surface area contributed by atoms with Crippen molar-refractivity contribution in [3.63, 3.8) is 0 Å². The molecule has 0 amide bonds. The van der Waals surface area contributed by atoms with Crippen LogP contribution in [0.2, 0.25) is 5.15 Å². The Balaban J connectivity index is 2.35. The fourth-order valence-electron chi connectivity index (χ4n) is 1.95. The van der Waals surface area contributed by atoms with Crippen LogP contribution in [0, 0.1) is 16.0 Å². The van der Waals surface area contributed by atoms with Gasteiger partial charge in [-0.2, -0.15) is 0 Å². The minimum atomic E-state index is -0.565. The molecule has 2 heterocycles. The summed E-state index contributed by atoms with van der Waals surface area (Å²) in [5.41, 5.74) is -0.283. The summed E-state index contributed by atoms with van der Waals surface area (Å²) in [6.45, 7) is 5.22. The summed E-state index contributed by atoms with van der Waals surface area (Å²) >= 11 is 5.93. The number of nitro groups is 1. The molecule has 1 fully saturated rings. The zero-order chi connectivity index (χ0) is 14.7. The van der Waals surface area contributed by atoms with Crippen molar-refractivity contribution in [2.45, 2.75) is 32.8 Å². The summed E-state index contributed by atoms with van der Waals surface area (Å²) < 4.78 is 5.49. The molecule has 1 aromatic heterocycles. The standard InChI is InChI=1S/C12H17ClN4O3/c1-7(2)6-14-12-9(17(18)19)10(13)15-11(16-12)8-4-3-5-20-8/h7-8H,3-6H2,1-2H3,(H,14,15,16). The highest BCUT2D eigenvalue weighted by atomic mass is 35.5. The molecular formula is C12H17ClN4O3. The molecule has 110 valence electrons. The number of hydrogen-bond donors (Lipinski definition) is 1. The SMILES string of the molecule is CC(C)CNc1nc(C2CCCO2)nc(Cl)c1[N+](=O)[O-]. The molecule has 1 aliphatic heterocycles. The zero-order valence-electron chi connectivity index (χ0n) is 11.4. The van der Waals surface area contributed by atoms with Gasteiger partial charge in [-0.15, -0.1) is 0 Å². The van der Waals surface area contributed by atoms with Crippen LogP contribution in [-0.2, 0) is 4.74 Å². The van der Waals surface area contributed by atoms with Crippen LogP contribution in [0.15, 0.2) is 0 Å². The Kier molecular flexibility index (Phi) is 4.72. The topological polar surface area (TPSA) is 90.2 Å². The summed E-state index contributed by atoms with van der Waals surface area (Å²) in [7, 11) is 0. The maximum absolute atomic E-state index is 11.1. The number of nitrogens with one attached hydrogen (secondary N) is 1. The van der Waals surface area contributed by atoms with Gasteiger partial charge in [-0.3, -0.25) is 10.1 Å². The van der Waals surface area contributed by atoms with E-state index in [0.29, 0.717) is 24.9 Å². The summed E-state index contributed by atoms with van der Waals surface area (Å²) in [6.07, 6.45) is 1.50. The first-order valence-corrected chi connectivity index (χ1v) is 6.94. The molecule has 1 N–H and O–H groups in total. The molecule has 0 radical (unpaired) electrons. The third-order valence-electron chi connectivity index (χ3n) is 2.94. The predicted molar refractivity (Wildman–Crippen MR) is 75.0 cm³/mol. The van der Waals surface area contributed by atoms with Crippen LogP contribution in [0.5, 0.6) is 0 Å². The average molecular weight is 301 g/mol. The molecule has 0 bridgehead atoms. The van der Waals surface area contributed by atoms with E-state index in [2.05, 4.69) is 15.3 Å². The highest BCUT2D eigenvalue weighted by molar-refractivity contribution is 6.31. The van der Waals surface area contributed by atoms with E-state index in [1.54, 1.807) is 0 Å². The Hall–Kier alpha value is -1.47. The highest BCUT2D eigenvalue weighted by Crippen LogP contribution is 2.34. The lowest BCUT2D eigenvalue weighted by atomic mass is 10.2. The molecule has 1 saturated heterocycles. The maximum atomic E-state index is 11.1. The predicted octanol–water partition coefficient (Wildman–Crippen LogP) is 2.96. The second-order valence-corrected chi connectivity index (χ2v) is 5.46. The van der Waals surface area contributed by atoms with Crippen LogP contribution in [0.4, 0.5) is 11.5 Å². The molecule has 1 atom stereocenters. The van der Waals surface area contributed by atoms with Crippen molar-refractivity contribution in [1.29, 1.82) is 0 Å². The second kappa shape index (κ2) is 6.32. The Labute approximate surface area is 121 Å². The molecule has 0 aromatic carbocycles. The van der Waals surface area contributed by atoms with Crippen molar-refractivity contribution in [1.82, 2.24) is 9.97 Å². The Bertz CT molecular complexity index is 504. The van der Waals surface area contributed by atoms with Crippen LogP contribution in [-0.4, -0.2) is 28.0 Å². The van der Waals surface area contributed by atoms with E-state index < -0.39 is 4.92 Å². The number of nitrogens with zero attached hydrogens (tertiary/aromatic N) is 3. The van der Waals surface area contributed by atoms with Crippen molar-refractivity contribution in [2.24, 2.45) is 5.92 Å². The monoisotopic (exact) mass is 300 g/mol. The summed E-state index contributed by atoms with van der Waals surface area (Å²) in [5.74, 6) is 0.896. The molecular weight excluding hydrogens is 284 g/mol. The third-order valence-corrected chi connectivity index (χ3v) is 3.20. The van der Waals surface area contributed by atoms with E-state index in [4.69, 9.17) is 16.3 Å². The fraction of sp³-hybridized carbons (Fsp3) is 0.667. The van der Waals surface area contributed by atoms with Crippen molar-refractivity contribution in [2.75, 3.05) is 18.5 Å². The van der Waals surface area contributed by atoms with Crippen molar-refractivity contribution >= 4 is 23.1 Å². The van der Waals surface area contributed by atoms with E-state index in [1.165, 1.54) is 0 Å². The van der Waals surface area contributed by atoms with Crippen LogP contribution in [0.3, 0.4) is 0 Å². The van der Waals surface area contributed by atoms with Gasteiger partial charge in [0, 0.05) is 13.2 Å². The minimum Gasteiger partial charge on any atom is -0.370 e. The lowest BCUT2D eigenvalue weighted by Crippen LogP contribution is -2.14. The summed E-state index contributed by atoms with van der Waals surface area (Å²) in [5, 5.41) is 13.9. The van der Waals surface area contributed by atoms with Gasteiger partial charge in [-0.1, -0.05) is 25.4 Å². The number of anilines is 1. The molecule has 0 spiro atoms. The quantitative estimate of drug-likeness (QED) is 0.511. The number of ether oxygens (including phenoxy) is 1. The molecule has 1 aliphatic rings. The van der Waals surface area contributed by atoms with Gasteiger partial charge < -0.3 is 10.1 Å². The van der Waals surface area contributed by atoms with Crippen molar-refractivity contribution < 1.29 is 9.66 Å². The Morgan fingerprint density at radius 3 is 2.85 bits per heavy atom. The smallest absolute Gasteiger partial charge is 0.348 e. The lowest BCUT2D eigenvalue weighted by Gasteiger charge is -2.13. The molecule has 1 aromatic rings. The fourth-order valence-corrected chi connectivity index (χ4v) is 2.20. The van der Waals surface area contributed by atoms with E-state index >= 15 is 0 Å². The maximum Gasteiger partial charge on any atom is 0.348 e. The number of halogens is 1. The Morgan fingerprint density at radius 1 is 1.55 bits per heavy atom. The number of aromatic nitrogens is 2. The van der Waals surface area contributed by atoms with Gasteiger partial charge in [0.25, 0.3) is 0 Å². The molecule has 7 nitrogen and oxygen atoms in total. The minimum absolute atomic E-state index is 0.151. The molecule has 8 heteroatoms. The van der Waals surface area contributed by atoms with Crippen LogP contribution in [0.25, 0.3) is 0 Å². The molecule has 20 heavy (non-hydrogen) atoms. The van der Waals surface area contributed by atoms with Crippen molar-refractivity contribution in [3.05, 3.63) is 21.1 Å². The van der Waals surface area contributed by atoms with Gasteiger partial charge in [0.2, 0.25) is 11.0 Å². The van der Waals surface area contributed by atoms with E-state index in [-0.39, 0.29) is 22.8 Å². The highest BCUT2D eigenvalue weighted by Gasteiger charge is 2.28. The van der Waals surface area contributed by atoms with Crippen LogP contribution >= 0.6 is 11.6 Å². The number of hydrogen-bond acceptors (Lipinski definition) is 6. The largest absolute Gasteiger partial charge is 0.370 e. The second-order valence-electron chi connectivity index (χ2n) is 5.10. The first-order valence-electron chi connectivity index (χ1n) is 6.56.